The van der Waals surface area contributed by atoms with E-state index in [0.29, 0.717) is 43.0 Å². The number of carboxylic acid groups (broad SMARTS) is 1. The summed E-state index contributed by atoms with van der Waals surface area (Å²) in [7, 11) is 4.13. The maximum Gasteiger partial charge on any atom is 0.336 e. The summed E-state index contributed by atoms with van der Waals surface area (Å²) in [4.78, 5) is 37.2. The van der Waals surface area contributed by atoms with E-state index in [4.69, 9.17) is 4.84 Å². The molecule has 10 nitrogen and oxygen atoms in total. The van der Waals surface area contributed by atoms with Gasteiger partial charge in [-0.15, -0.1) is 0 Å². The summed E-state index contributed by atoms with van der Waals surface area (Å²) in [6.07, 6.45) is 0.235. The average molecular weight is 723 g/mol. The third-order valence-corrected chi connectivity index (χ3v) is 12.4. The van der Waals surface area contributed by atoms with Crippen molar-refractivity contribution < 1.29 is 29.7 Å². The Morgan fingerprint density at radius 3 is 2.31 bits per heavy atom. The molecule has 52 heavy (non-hydrogen) atoms. The predicted molar refractivity (Wildman–Crippen MR) is 205 cm³/mol. The number of aliphatic hydroxyl groups excluding tert-OH is 2. The molecule has 2 fully saturated rings. The number of likely N-dealkylation sites (N-methyl/N-ethyl adjacent to an activating group) is 1. The third kappa shape index (κ3) is 10.0. The number of carboxylic acids is 1. The van der Waals surface area contributed by atoms with Crippen LogP contribution in [0, 0.1) is 35.0 Å². The van der Waals surface area contributed by atoms with Gasteiger partial charge in [0.2, 0.25) is 5.91 Å². The van der Waals surface area contributed by atoms with E-state index in [-0.39, 0.29) is 35.9 Å². The maximum atomic E-state index is 14.2. The highest BCUT2D eigenvalue weighted by atomic mass is 16.7. The number of aromatic carboxylic acids is 1. The standard InChI is InChI=1S/C42H66N4O6/c1-26(2)18-34(24-44(9)10)45(23-33-16-11-12-17-35(33)41(50)51)21-31-14-13-15-32(20-31)22-46-39(38(30(6)48)37(25-47)52-46)40(49)43-36-19-27(3)42(7,8)29(5)28(36)4/h11-17,20,26-30,34,36-39,47-48H,18-19,21-25H2,1-10H3,(H,43,49)(H,50,51)/t27-,28+,29+,30+,34+,36+,37+,38-,39+/m1/s1. The van der Waals surface area contributed by atoms with E-state index in [1.165, 1.54) is 0 Å². The number of aliphatic hydroxyl groups is 2. The van der Waals surface area contributed by atoms with Crippen LogP contribution in [0.3, 0.4) is 0 Å². The zero-order valence-corrected chi connectivity index (χ0v) is 33.3. The highest BCUT2D eigenvalue weighted by molar-refractivity contribution is 5.89. The van der Waals surface area contributed by atoms with Gasteiger partial charge in [0.05, 0.1) is 24.8 Å². The summed E-state index contributed by atoms with van der Waals surface area (Å²) in [6.45, 7) is 19.4. The highest BCUT2D eigenvalue weighted by Gasteiger charge is 2.51. The minimum Gasteiger partial charge on any atom is -0.478 e. The first-order valence-corrected chi connectivity index (χ1v) is 19.2. The summed E-state index contributed by atoms with van der Waals surface area (Å²) >= 11 is 0. The Hall–Kier alpha value is -2.86. The van der Waals surface area contributed by atoms with Gasteiger partial charge in [-0.3, -0.25) is 14.5 Å². The minimum absolute atomic E-state index is 0.00304. The summed E-state index contributed by atoms with van der Waals surface area (Å²) in [6, 6.07) is 14.8. The number of benzene rings is 2. The van der Waals surface area contributed by atoms with E-state index in [1.807, 2.05) is 24.3 Å². The van der Waals surface area contributed by atoms with Gasteiger partial charge in [-0.05, 0) is 85.7 Å². The van der Waals surface area contributed by atoms with Gasteiger partial charge in [0.1, 0.15) is 12.1 Å². The number of hydroxylamine groups is 2. The Morgan fingerprint density at radius 2 is 1.69 bits per heavy atom. The molecule has 0 aromatic heterocycles. The lowest BCUT2D eigenvalue weighted by Gasteiger charge is -2.50. The van der Waals surface area contributed by atoms with Gasteiger partial charge >= 0.3 is 5.97 Å². The van der Waals surface area contributed by atoms with Crippen molar-refractivity contribution in [2.24, 2.45) is 35.0 Å². The van der Waals surface area contributed by atoms with Gasteiger partial charge in [0.15, 0.2) is 0 Å². The average Bonchev–Trinajstić information content (AvgIpc) is 3.44. The second-order valence-corrected chi connectivity index (χ2v) is 17.1. The molecule has 290 valence electrons. The smallest absolute Gasteiger partial charge is 0.336 e. The molecule has 4 N–H and O–H groups in total. The molecule has 0 bridgehead atoms. The normalized spacial score (nSPS) is 27.6. The van der Waals surface area contributed by atoms with Gasteiger partial charge in [0, 0.05) is 37.6 Å². The number of hydrogen-bond acceptors (Lipinski definition) is 8. The first kappa shape index (κ1) is 41.9. The van der Waals surface area contributed by atoms with Crippen molar-refractivity contribution in [2.75, 3.05) is 27.2 Å². The summed E-state index contributed by atoms with van der Waals surface area (Å²) < 4.78 is 0. The van der Waals surface area contributed by atoms with Crippen molar-refractivity contribution in [2.45, 2.75) is 118 Å². The molecule has 1 amide bonds. The second kappa shape index (κ2) is 18.0. The molecule has 1 heterocycles. The Balaban J connectivity index is 1.61. The first-order chi connectivity index (χ1) is 24.4. The molecule has 1 saturated carbocycles. The number of nitrogens with zero attached hydrogens (tertiary/aromatic N) is 3. The zero-order chi connectivity index (χ0) is 38.5. The molecule has 2 aliphatic rings. The van der Waals surface area contributed by atoms with Crippen LogP contribution in [0.4, 0.5) is 0 Å². The van der Waals surface area contributed by atoms with Crippen molar-refractivity contribution in [3.8, 4) is 0 Å². The number of carbonyl (C=O) groups excluding carboxylic acids is 1. The van der Waals surface area contributed by atoms with Gasteiger partial charge in [-0.2, -0.15) is 5.06 Å². The molecule has 4 rings (SSSR count). The molecule has 9 atom stereocenters. The molecule has 2 aromatic carbocycles. The Labute approximate surface area is 312 Å². The molecular formula is C42H66N4O6. The molecule has 1 aliphatic heterocycles. The number of rotatable bonds is 16. The fraction of sp³-hybridized carbons (Fsp3) is 0.667. The van der Waals surface area contributed by atoms with Crippen LogP contribution in [0.1, 0.15) is 95.3 Å². The van der Waals surface area contributed by atoms with Gasteiger partial charge in [-0.1, -0.05) is 90.9 Å². The number of nitrogens with one attached hydrogen (secondary N) is 1. The Morgan fingerprint density at radius 1 is 1.02 bits per heavy atom. The summed E-state index contributed by atoms with van der Waals surface area (Å²) in [5.41, 5.74) is 3.25. The molecule has 10 heteroatoms. The van der Waals surface area contributed by atoms with E-state index in [2.05, 4.69) is 89.8 Å². The molecule has 0 unspecified atom stereocenters. The molecule has 2 aromatic rings. The van der Waals surface area contributed by atoms with Crippen molar-refractivity contribution >= 4 is 11.9 Å². The summed E-state index contributed by atoms with van der Waals surface area (Å²) in [5, 5.41) is 36.2. The zero-order valence-electron chi connectivity index (χ0n) is 33.3. The SMILES string of the molecule is CC(C)C[C@@H](CN(C)C)N(Cc1cccc(CN2O[C@@H](CO)[C@@H]([C@H](C)O)[C@H]2C(=O)N[C@H]2C[C@@H](C)C(C)(C)[C@@H](C)[C@@H]2C)c1)Cc1ccccc1C(=O)O. The fourth-order valence-electron chi connectivity index (χ4n) is 8.65. The molecule has 1 aliphatic carbocycles. The maximum absolute atomic E-state index is 14.2. The fourth-order valence-corrected chi connectivity index (χ4v) is 8.65. The van der Waals surface area contributed by atoms with Crippen molar-refractivity contribution in [3.63, 3.8) is 0 Å². The van der Waals surface area contributed by atoms with E-state index in [1.54, 1.807) is 24.1 Å². The van der Waals surface area contributed by atoms with Gasteiger partial charge < -0.3 is 25.5 Å². The lowest BCUT2D eigenvalue weighted by Crippen LogP contribution is -2.56. The van der Waals surface area contributed by atoms with E-state index >= 15 is 0 Å². The minimum atomic E-state index is -0.933. The number of hydrogen-bond donors (Lipinski definition) is 4. The topological polar surface area (TPSA) is 126 Å². The van der Waals surface area contributed by atoms with Crippen LogP contribution in [-0.2, 0) is 29.3 Å². The lowest BCUT2D eigenvalue weighted by molar-refractivity contribution is -0.182. The van der Waals surface area contributed by atoms with Crippen LogP contribution >= 0.6 is 0 Å². The van der Waals surface area contributed by atoms with E-state index in [9.17, 15) is 24.9 Å². The van der Waals surface area contributed by atoms with Crippen LogP contribution in [0.2, 0.25) is 0 Å². The third-order valence-electron chi connectivity index (χ3n) is 12.4. The highest BCUT2D eigenvalue weighted by Crippen LogP contribution is 2.47. The van der Waals surface area contributed by atoms with Crippen molar-refractivity contribution in [3.05, 3.63) is 70.8 Å². The van der Waals surface area contributed by atoms with E-state index < -0.39 is 30.1 Å². The van der Waals surface area contributed by atoms with Crippen molar-refractivity contribution in [1.29, 1.82) is 0 Å². The molecule has 0 radical (unpaired) electrons. The van der Waals surface area contributed by atoms with Crippen molar-refractivity contribution in [1.82, 2.24) is 20.2 Å². The monoisotopic (exact) mass is 722 g/mol. The van der Waals surface area contributed by atoms with E-state index in [0.717, 1.165) is 36.1 Å². The Kier molecular flexibility index (Phi) is 14.5. The number of carbonyl (C=O) groups is 2. The number of amides is 1. The van der Waals surface area contributed by atoms with Crippen LogP contribution in [0.15, 0.2) is 48.5 Å². The largest absolute Gasteiger partial charge is 0.478 e. The van der Waals surface area contributed by atoms with Crippen LogP contribution < -0.4 is 5.32 Å². The lowest BCUT2D eigenvalue weighted by atomic mass is 9.58. The molecule has 0 spiro atoms. The molecular weight excluding hydrogens is 656 g/mol. The van der Waals surface area contributed by atoms with Gasteiger partial charge in [-0.25, -0.2) is 4.79 Å². The predicted octanol–water partition coefficient (Wildman–Crippen LogP) is 5.66. The Bertz CT molecular complexity index is 1470. The first-order valence-electron chi connectivity index (χ1n) is 19.2. The van der Waals surface area contributed by atoms with Crippen LogP contribution in [0.25, 0.3) is 0 Å². The second-order valence-electron chi connectivity index (χ2n) is 17.1. The molecule has 1 saturated heterocycles. The van der Waals surface area contributed by atoms with Crippen LogP contribution in [0.5, 0.6) is 0 Å². The quantitative estimate of drug-likeness (QED) is 0.174. The van der Waals surface area contributed by atoms with Crippen LogP contribution in [-0.4, -0.2) is 99.6 Å². The van der Waals surface area contributed by atoms with Gasteiger partial charge in [0.25, 0.3) is 0 Å². The summed E-state index contributed by atoms with van der Waals surface area (Å²) in [5.74, 6) is -0.164.